The first kappa shape index (κ1) is 35.7. The molecule has 0 aromatic heterocycles. The minimum absolute atomic E-state index is 0.312. The van der Waals surface area contributed by atoms with Crippen molar-refractivity contribution in [1.29, 1.82) is 0 Å². The van der Waals surface area contributed by atoms with Crippen LogP contribution in [0, 0.1) is 46.3 Å². The normalized spacial score (nSPS) is 38.0. The molecular formula is C38H73N3O2. The summed E-state index contributed by atoms with van der Waals surface area (Å²) in [6.45, 7) is 15.8. The molecule has 0 aromatic carbocycles. The van der Waals surface area contributed by atoms with Gasteiger partial charge in [-0.2, -0.15) is 0 Å². The minimum atomic E-state index is 0.312. The highest BCUT2D eigenvalue weighted by Gasteiger charge is 2.64. The third-order valence-corrected chi connectivity index (χ3v) is 13.5. The van der Waals surface area contributed by atoms with Crippen LogP contribution in [0.3, 0.4) is 0 Å². The van der Waals surface area contributed by atoms with Crippen molar-refractivity contribution in [1.82, 2.24) is 5.32 Å². The highest BCUT2D eigenvalue weighted by molar-refractivity contribution is 5.13. The van der Waals surface area contributed by atoms with Crippen molar-refractivity contribution in [3.05, 3.63) is 0 Å². The molecule has 0 spiro atoms. The Balaban J connectivity index is 1.35. The zero-order valence-corrected chi connectivity index (χ0v) is 29.1. The van der Waals surface area contributed by atoms with Crippen molar-refractivity contribution in [2.75, 3.05) is 39.4 Å². The fraction of sp³-hybridized carbons (Fsp3) is 1.00. The van der Waals surface area contributed by atoms with E-state index in [2.05, 4.69) is 33.0 Å². The molecule has 0 aliphatic heterocycles. The maximum Gasteiger partial charge on any atom is 0.0637 e. The van der Waals surface area contributed by atoms with Crippen LogP contribution in [0.25, 0.3) is 0 Å². The van der Waals surface area contributed by atoms with Crippen molar-refractivity contribution >= 4 is 0 Å². The zero-order valence-electron chi connectivity index (χ0n) is 29.1. The van der Waals surface area contributed by atoms with Crippen LogP contribution < -0.4 is 16.8 Å². The molecule has 7 unspecified atom stereocenters. The maximum atomic E-state index is 6.96. The van der Waals surface area contributed by atoms with Crippen molar-refractivity contribution in [3.8, 4) is 0 Å². The molecule has 4 aliphatic rings. The van der Waals surface area contributed by atoms with E-state index in [1.807, 2.05) is 0 Å². The zero-order chi connectivity index (χ0) is 30.7. The highest BCUT2D eigenvalue weighted by atomic mass is 16.5. The lowest BCUT2D eigenvalue weighted by molar-refractivity contribution is -0.192. The van der Waals surface area contributed by atoms with Gasteiger partial charge in [-0.15, -0.1) is 0 Å². The lowest BCUT2D eigenvalue weighted by Crippen LogP contribution is -2.59. The molecule has 43 heavy (non-hydrogen) atoms. The number of nitrogens with one attached hydrogen (secondary N) is 1. The molecule has 5 nitrogen and oxygen atoms in total. The van der Waals surface area contributed by atoms with E-state index in [1.54, 1.807) is 0 Å². The second-order valence-electron chi connectivity index (χ2n) is 16.0. The summed E-state index contributed by atoms with van der Waals surface area (Å²) in [6, 6.07) is 0. The summed E-state index contributed by atoms with van der Waals surface area (Å²) in [5.41, 5.74) is 12.4. The van der Waals surface area contributed by atoms with Gasteiger partial charge in [0.2, 0.25) is 0 Å². The Kier molecular flexibility index (Phi) is 14.6. The SMILES string of the molecule is CCCCCCCCNCCCC(C)C1CCC2C3CCC4C[C@H](OCCCN)CCC4(C)C3C[C@H](OCCCN)[C@]12C. The summed E-state index contributed by atoms with van der Waals surface area (Å²) in [5, 5.41) is 3.77. The van der Waals surface area contributed by atoms with Gasteiger partial charge in [0, 0.05) is 13.2 Å². The number of unbranched alkanes of at least 4 members (excludes halogenated alkanes) is 5. The molecule has 4 rings (SSSR count). The Bertz CT molecular complexity index is 780. The molecule has 0 radical (unpaired) electrons. The van der Waals surface area contributed by atoms with E-state index in [1.165, 1.54) is 116 Å². The minimum Gasteiger partial charge on any atom is -0.378 e. The molecule has 4 saturated carbocycles. The summed E-state index contributed by atoms with van der Waals surface area (Å²) in [6.07, 6.45) is 24.5. The van der Waals surface area contributed by atoms with Crippen LogP contribution in [0.1, 0.15) is 143 Å². The number of nitrogens with two attached hydrogens (primary N) is 2. The molecule has 4 aliphatic carbocycles. The summed E-state index contributed by atoms with van der Waals surface area (Å²) in [5.74, 6) is 4.88. The third-order valence-electron chi connectivity index (χ3n) is 13.5. The molecule has 252 valence electrons. The monoisotopic (exact) mass is 604 g/mol. The molecule has 0 bridgehead atoms. The number of hydrogen-bond acceptors (Lipinski definition) is 5. The fourth-order valence-electron chi connectivity index (χ4n) is 11.1. The first-order chi connectivity index (χ1) is 20.9. The van der Waals surface area contributed by atoms with Gasteiger partial charge in [-0.1, -0.05) is 59.8 Å². The number of rotatable bonds is 20. The van der Waals surface area contributed by atoms with Crippen molar-refractivity contribution in [2.24, 2.45) is 57.8 Å². The Morgan fingerprint density at radius 3 is 2.26 bits per heavy atom. The predicted molar refractivity (Wildman–Crippen MR) is 182 cm³/mol. The van der Waals surface area contributed by atoms with E-state index >= 15 is 0 Å². The molecular weight excluding hydrogens is 530 g/mol. The van der Waals surface area contributed by atoms with Crippen LogP contribution >= 0.6 is 0 Å². The standard InChI is InChI=1S/C38H73N3O2/c1-5-6-7-8-9-10-23-41-24-11-14-29(2)33-17-18-34-32-16-15-30-27-31(42-25-12-21-39)19-20-37(30,3)35(32)28-36(38(33,34)4)43-26-13-22-40/h29-36,41H,5-28,39-40H2,1-4H3/t29?,30?,31-,32?,33?,34?,35?,36+,37?,38-/m1/s1. The Morgan fingerprint density at radius 1 is 0.767 bits per heavy atom. The quantitative estimate of drug-likeness (QED) is 0.123. The van der Waals surface area contributed by atoms with Gasteiger partial charge in [-0.25, -0.2) is 0 Å². The van der Waals surface area contributed by atoms with Gasteiger partial charge in [-0.05, 0) is 156 Å². The van der Waals surface area contributed by atoms with E-state index in [0.717, 1.165) is 74.7 Å². The molecule has 0 heterocycles. The van der Waals surface area contributed by atoms with Crippen LogP contribution in [0.5, 0.6) is 0 Å². The van der Waals surface area contributed by atoms with Gasteiger partial charge in [-0.3, -0.25) is 0 Å². The molecule has 4 fully saturated rings. The average molecular weight is 604 g/mol. The number of ether oxygens (including phenoxy) is 2. The average Bonchev–Trinajstić information content (AvgIpc) is 3.37. The van der Waals surface area contributed by atoms with Crippen molar-refractivity contribution < 1.29 is 9.47 Å². The predicted octanol–water partition coefficient (Wildman–Crippen LogP) is 8.09. The van der Waals surface area contributed by atoms with E-state index in [9.17, 15) is 0 Å². The van der Waals surface area contributed by atoms with E-state index in [4.69, 9.17) is 20.9 Å². The van der Waals surface area contributed by atoms with Crippen LogP contribution in [0.4, 0.5) is 0 Å². The molecule has 5 heteroatoms. The first-order valence-electron chi connectivity index (χ1n) is 19.2. The van der Waals surface area contributed by atoms with Gasteiger partial charge in [0.05, 0.1) is 12.2 Å². The maximum absolute atomic E-state index is 6.96. The van der Waals surface area contributed by atoms with Gasteiger partial charge < -0.3 is 26.3 Å². The van der Waals surface area contributed by atoms with Crippen molar-refractivity contribution in [3.63, 3.8) is 0 Å². The van der Waals surface area contributed by atoms with E-state index in [0.29, 0.717) is 23.0 Å². The van der Waals surface area contributed by atoms with Gasteiger partial charge in [0.25, 0.3) is 0 Å². The van der Waals surface area contributed by atoms with Crippen LogP contribution in [0.15, 0.2) is 0 Å². The summed E-state index contributed by atoms with van der Waals surface area (Å²) >= 11 is 0. The van der Waals surface area contributed by atoms with E-state index < -0.39 is 0 Å². The fourth-order valence-corrected chi connectivity index (χ4v) is 11.1. The summed E-state index contributed by atoms with van der Waals surface area (Å²) in [4.78, 5) is 0. The number of fused-ring (bicyclic) bond motifs is 5. The Morgan fingerprint density at radius 2 is 1.49 bits per heavy atom. The summed E-state index contributed by atoms with van der Waals surface area (Å²) < 4.78 is 13.3. The van der Waals surface area contributed by atoms with Crippen LogP contribution in [-0.4, -0.2) is 51.6 Å². The van der Waals surface area contributed by atoms with Crippen LogP contribution in [-0.2, 0) is 9.47 Å². The molecule has 0 amide bonds. The molecule has 0 saturated heterocycles. The Hall–Kier alpha value is -0.200. The first-order valence-corrected chi connectivity index (χ1v) is 19.2. The molecule has 5 N–H and O–H groups in total. The van der Waals surface area contributed by atoms with Gasteiger partial charge in [0.15, 0.2) is 0 Å². The third kappa shape index (κ3) is 8.59. The van der Waals surface area contributed by atoms with Crippen LogP contribution in [0.2, 0.25) is 0 Å². The van der Waals surface area contributed by atoms with Gasteiger partial charge in [0.1, 0.15) is 0 Å². The van der Waals surface area contributed by atoms with Crippen molar-refractivity contribution in [2.45, 2.75) is 155 Å². The highest BCUT2D eigenvalue weighted by Crippen LogP contribution is 2.69. The lowest BCUT2D eigenvalue weighted by Gasteiger charge is -2.63. The molecule has 0 aromatic rings. The number of hydrogen-bond donors (Lipinski definition) is 3. The smallest absolute Gasteiger partial charge is 0.0637 e. The molecule has 10 atom stereocenters. The second kappa shape index (κ2) is 17.6. The summed E-state index contributed by atoms with van der Waals surface area (Å²) in [7, 11) is 0. The largest absolute Gasteiger partial charge is 0.378 e. The Labute approximate surface area is 267 Å². The van der Waals surface area contributed by atoms with Gasteiger partial charge >= 0.3 is 0 Å². The topological polar surface area (TPSA) is 82.5 Å². The lowest BCUT2D eigenvalue weighted by atomic mass is 9.43. The second-order valence-corrected chi connectivity index (χ2v) is 16.0. The van der Waals surface area contributed by atoms with E-state index in [-0.39, 0.29) is 0 Å².